The van der Waals surface area contributed by atoms with E-state index in [0.29, 0.717) is 5.56 Å². The van der Waals surface area contributed by atoms with Crippen molar-refractivity contribution in [1.29, 1.82) is 5.26 Å². The third-order valence-electron chi connectivity index (χ3n) is 6.11. The summed E-state index contributed by atoms with van der Waals surface area (Å²) in [5, 5.41) is 9.67. The van der Waals surface area contributed by atoms with E-state index < -0.39 is 46.9 Å². The van der Waals surface area contributed by atoms with Gasteiger partial charge in [-0.1, -0.05) is 6.92 Å². The molecule has 0 aliphatic rings. The van der Waals surface area contributed by atoms with E-state index in [1.807, 2.05) is 6.07 Å². The highest BCUT2D eigenvalue weighted by atomic mass is 32.1. The molecule has 0 aliphatic carbocycles. The van der Waals surface area contributed by atoms with Crippen molar-refractivity contribution in [1.82, 2.24) is 9.55 Å². The maximum absolute atomic E-state index is 14.3. The Morgan fingerprint density at radius 1 is 1.32 bits per heavy atom. The first-order valence-electron chi connectivity index (χ1n) is 11.6. The van der Waals surface area contributed by atoms with Gasteiger partial charge < -0.3 is 19.9 Å². The van der Waals surface area contributed by atoms with Crippen molar-refractivity contribution in [3.63, 3.8) is 0 Å². The number of aryl methyl sites for hydroxylation is 1. The second kappa shape index (κ2) is 12.0. The van der Waals surface area contributed by atoms with E-state index in [1.54, 1.807) is 13.8 Å². The molecule has 0 radical (unpaired) electrons. The van der Waals surface area contributed by atoms with Crippen LogP contribution < -0.4 is 21.7 Å². The Morgan fingerprint density at radius 2 is 2.03 bits per heavy atom. The van der Waals surface area contributed by atoms with E-state index in [-0.39, 0.29) is 46.2 Å². The number of nitrogens with one attached hydrogen (secondary N) is 1. The molecule has 0 aliphatic heterocycles. The van der Waals surface area contributed by atoms with Crippen LogP contribution >= 0.6 is 11.3 Å². The number of carbonyl (C=O) groups excluding carboxylic acids is 2. The summed E-state index contributed by atoms with van der Waals surface area (Å²) in [6.07, 6.45) is -1.07. The topological polar surface area (TPSA) is 166 Å². The molecule has 2 heterocycles. The highest BCUT2D eigenvalue weighted by Gasteiger charge is 2.28. The van der Waals surface area contributed by atoms with Gasteiger partial charge in [-0.2, -0.15) is 5.26 Å². The number of hydrogen-bond donors (Lipinski definition) is 2. The number of ether oxygens (including phenoxy) is 3. The summed E-state index contributed by atoms with van der Waals surface area (Å²) < 4.78 is 31.9. The Bertz CT molecular complexity index is 1520. The van der Waals surface area contributed by atoms with Crippen LogP contribution in [0.25, 0.3) is 10.2 Å². The normalized spacial score (nSPS) is 13.5. The number of rotatable bonds is 11. The predicted molar refractivity (Wildman–Crippen MR) is 137 cm³/mol. The van der Waals surface area contributed by atoms with Gasteiger partial charge in [0.1, 0.15) is 27.4 Å². The molecule has 202 valence electrons. The zero-order valence-corrected chi connectivity index (χ0v) is 22.0. The molecule has 13 heteroatoms. The van der Waals surface area contributed by atoms with E-state index in [4.69, 9.17) is 19.9 Å². The Kier molecular flexibility index (Phi) is 9.03. The molecule has 0 bridgehead atoms. The van der Waals surface area contributed by atoms with Gasteiger partial charge in [-0.3, -0.25) is 19.1 Å². The SMILES string of the molecule is CCOC(=O)c1sc2c(c1C)c(=O)[nH]c(=O)n2C[C@H](OCC(C#N)[C@H](C)C(N)=O)c1cc(F)ccc1OC. The van der Waals surface area contributed by atoms with E-state index in [0.717, 1.165) is 11.3 Å². The van der Waals surface area contributed by atoms with Gasteiger partial charge >= 0.3 is 11.7 Å². The van der Waals surface area contributed by atoms with E-state index in [9.17, 15) is 28.8 Å². The second-order valence-electron chi connectivity index (χ2n) is 8.46. The third-order valence-corrected chi connectivity index (χ3v) is 7.40. The molecule has 3 rings (SSSR count). The summed E-state index contributed by atoms with van der Waals surface area (Å²) in [5.74, 6) is -3.46. The summed E-state index contributed by atoms with van der Waals surface area (Å²) in [5.41, 5.74) is 4.46. The molecule has 1 aromatic carbocycles. The first kappa shape index (κ1) is 28.5. The number of benzene rings is 1. The van der Waals surface area contributed by atoms with Gasteiger partial charge in [-0.05, 0) is 37.6 Å². The smallest absolute Gasteiger partial charge is 0.348 e. The van der Waals surface area contributed by atoms with Gasteiger partial charge in [0.05, 0.1) is 50.2 Å². The maximum atomic E-state index is 14.3. The van der Waals surface area contributed by atoms with Crippen LogP contribution in [0.3, 0.4) is 0 Å². The molecular formula is C25H27FN4O7S. The number of aromatic nitrogens is 2. The van der Waals surface area contributed by atoms with Crippen LogP contribution in [-0.4, -0.2) is 41.8 Å². The van der Waals surface area contributed by atoms with Crippen molar-refractivity contribution in [2.24, 2.45) is 17.6 Å². The minimum Gasteiger partial charge on any atom is -0.496 e. The summed E-state index contributed by atoms with van der Waals surface area (Å²) >= 11 is 0.909. The molecule has 11 nitrogen and oxygen atoms in total. The highest BCUT2D eigenvalue weighted by molar-refractivity contribution is 7.20. The Balaban J connectivity index is 2.15. The van der Waals surface area contributed by atoms with E-state index in [2.05, 4.69) is 4.98 Å². The van der Waals surface area contributed by atoms with Gasteiger partial charge in [0.2, 0.25) is 5.91 Å². The molecule has 3 atom stereocenters. The fourth-order valence-corrected chi connectivity index (χ4v) is 5.11. The van der Waals surface area contributed by atoms with E-state index >= 15 is 0 Å². The Morgan fingerprint density at radius 3 is 2.63 bits per heavy atom. The van der Waals surface area contributed by atoms with Crippen molar-refractivity contribution in [2.45, 2.75) is 33.4 Å². The van der Waals surface area contributed by atoms with Gasteiger partial charge in [0.15, 0.2) is 0 Å². The number of thiophene rings is 1. The Hall–Kier alpha value is -4.02. The Labute approximate surface area is 220 Å². The van der Waals surface area contributed by atoms with Crippen molar-refractivity contribution in [3.05, 3.63) is 60.9 Å². The number of hydrogen-bond acceptors (Lipinski definition) is 9. The van der Waals surface area contributed by atoms with Crippen LogP contribution in [0, 0.1) is 35.9 Å². The number of esters is 1. The largest absolute Gasteiger partial charge is 0.496 e. The van der Waals surface area contributed by atoms with Crippen molar-refractivity contribution in [3.8, 4) is 11.8 Å². The fourth-order valence-electron chi connectivity index (χ4n) is 3.91. The van der Waals surface area contributed by atoms with Crippen LogP contribution in [-0.2, 0) is 20.8 Å². The van der Waals surface area contributed by atoms with Crippen LogP contribution in [0.1, 0.15) is 40.8 Å². The lowest BCUT2D eigenvalue weighted by atomic mass is 9.95. The molecule has 38 heavy (non-hydrogen) atoms. The molecule has 0 saturated heterocycles. The first-order chi connectivity index (χ1) is 18.0. The minimum atomic E-state index is -1.07. The number of fused-ring (bicyclic) bond motifs is 1. The fraction of sp³-hybridized carbons (Fsp3) is 0.400. The molecular weight excluding hydrogens is 519 g/mol. The molecule has 0 spiro atoms. The molecule has 0 fully saturated rings. The number of primary amides is 1. The standard InChI is InChI=1S/C25H27FN4O7S/c1-5-36-24(33)20-13(3)19-22(32)29-25(34)30(23(19)38-20)10-18(16-8-15(26)6-7-17(16)35-4)37-11-14(9-27)12(2)21(28)31/h6-8,12,14,18H,5,10-11H2,1-4H3,(H2,28,31)(H,29,32,34)/t12-,14?,18-/m0/s1. The highest BCUT2D eigenvalue weighted by Crippen LogP contribution is 2.33. The van der Waals surface area contributed by atoms with Gasteiger partial charge in [0.25, 0.3) is 5.56 Å². The maximum Gasteiger partial charge on any atom is 0.348 e. The molecule has 1 amide bonds. The molecule has 3 N–H and O–H groups in total. The van der Waals surface area contributed by atoms with Gasteiger partial charge in [-0.15, -0.1) is 11.3 Å². The molecule has 2 aromatic heterocycles. The van der Waals surface area contributed by atoms with Gasteiger partial charge in [-0.25, -0.2) is 14.0 Å². The van der Waals surface area contributed by atoms with Gasteiger partial charge in [0, 0.05) is 5.56 Å². The molecule has 0 saturated carbocycles. The van der Waals surface area contributed by atoms with Crippen molar-refractivity contribution in [2.75, 3.05) is 20.3 Å². The zero-order chi connectivity index (χ0) is 28.1. The lowest BCUT2D eigenvalue weighted by Crippen LogP contribution is -2.33. The first-order valence-corrected chi connectivity index (χ1v) is 12.4. The number of amides is 1. The lowest BCUT2D eigenvalue weighted by Gasteiger charge is -2.24. The quantitative estimate of drug-likeness (QED) is 0.346. The predicted octanol–water partition coefficient (Wildman–Crippen LogP) is 2.40. The number of methoxy groups -OCH3 is 1. The number of halogens is 1. The third kappa shape index (κ3) is 5.76. The van der Waals surface area contributed by atoms with E-state index in [1.165, 1.54) is 36.8 Å². The van der Waals surface area contributed by atoms with Crippen LogP contribution in [0.4, 0.5) is 4.39 Å². The summed E-state index contributed by atoms with van der Waals surface area (Å²) in [4.78, 5) is 52.3. The lowest BCUT2D eigenvalue weighted by molar-refractivity contribution is -0.123. The number of nitrogens with zero attached hydrogens (tertiary/aromatic N) is 2. The average Bonchev–Trinajstić information content (AvgIpc) is 3.22. The number of nitrogens with two attached hydrogens (primary N) is 1. The second-order valence-corrected chi connectivity index (χ2v) is 9.46. The number of carbonyl (C=O) groups is 2. The minimum absolute atomic E-state index is 0.120. The molecule has 1 unspecified atom stereocenters. The molecule has 3 aromatic rings. The van der Waals surface area contributed by atoms with Crippen LogP contribution in [0.5, 0.6) is 5.75 Å². The van der Waals surface area contributed by atoms with Crippen molar-refractivity contribution >= 4 is 33.4 Å². The van der Waals surface area contributed by atoms with Crippen LogP contribution in [0.15, 0.2) is 27.8 Å². The number of H-pyrrole nitrogens is 1. The summed E-state index contributed by atoms with van der Waals surface area (Å²) in [6.45, 7) is 4.29. The summed E-state index contributed by atoms with van der Waals surface area (Å²) in [6, 6.07) is 5.72. The monoisotopic (exact) mass is 546 g/mol. The van der Waals surface area contributed by atoms with Crippen LogP contribution in [0.2, 0.25) is 0 Å². The van der Waals surface area contributed by atoms with Crippen molar-refractivity contribution < 1.29 is 28.2 Å². The zero-order valence-electron chi connectivity index (χ0n) is 21.2. The number of aromatic amines is 1. The summed E-state index contributed by atoms with van der Waals surface area (Å²) in [7, 11) is 1.37. The number of nitriles is 1. The average molecular weight is 547 g/mol.